The monoisotopic (exact) mass is 442 g/mol. The van der Waals surface area contributed by atoms with Gasteiger partial charge in [0.15, 0.2) is 0 Å². The van der Waals surface area contributed by atoms with Gasteiger partial charge >= 0.3 is 6.18 Å². The lowest BCUT2D eigenvalue weighted by molar-refractivity contribution is -0.137. The molecule has 4 rings (SSSR count). The third-order valence-corrected chi connectivity index (χ3v) is 5.86. The van der Waals surface area contributed by atoms with E-state index in [0.717, 1.165) is 52.9 Å². The van der Waals surface area contributed by atoms with E-state index in [1.807, 2.05) is 11.6 Å². The Bertz CT molecular complexity index is 917. The Hall–Kier alpha value is -1.71. The number of halogens is 4. The first-order valence-corrected chi connectivity index (χ1v) is 9.62. The van der Waals surface area contributed by atoms with E-state index in [4.69, 9.17) is 0 Å². The lowest BCUT2D eigenvalue weighted by Gasteiger charge is -2.27. The molecule has 0 aliphatic carbocycles. The molecule has 4 nitrogen and oxygen atoms in total. The Morgan fingerprint density at radius 1 is 1.15 bits per heavy atom. The van der Waals surface area contributed by atoms with E-state index in [-0.39, 0.29) is 0 Å². The second-order valence-electron chi connectivity index (χ2n) is 6.08. The molecule has 1 aliphatic heterocycles. The molecule has 1 aromatic carbocycles. The molecule has 9 heteroatoms. The van der Waals surface area contributed by atoms with Crippen LogP contribution in [0.4, 0.5) is 13.2 Å². The van der Waals surface area contributed by atoms with Crippen molar-refractivity contribution in [2.75, 3.05) is 6.54 Å². The summed E-state index contributed by atoms with van der Waals surface area (Å²) in [5, 5.41) is 2.69. The van der Waals surface area contributed by atoms with E-state index in [9.17, 15) is 13.2 Å². The Balaban J connectivity index is 1.45. The lowest BCUT2D eigenvalue weighted by atomic mass is 10.1. The first-order chi connectivity index (χ1) is 12.4. The summed E-state index contributed by atoms with van der Waals surface area (Å²) in [6.45, 7) is 3.21. The Kier molecular flexibility index (Phi) is 4.62. The van der Waals surface area contributed by atoms with Gasteiger partial charge in [-0.15, -0.1) is 11.3 Å². The normalized spacial score (nSPS) is 15.2. The maximum atomic E-state index is 12.7. The summed E-state index contributed by atoms with van der Waals surface area (Å²) in [7, 11) is 0. The summed E-state index contributed by atoms with van der Waals surface area (Å²) >= 11 is 4.93. The molecule has 0 radical (unpaired) electrons. The Morgan fingerprint density at radius 3 is 2.65 bits per heavy atom. The summed E-state index contributed by atoms with van der Waals surface area (Å²) in [4.78, 5) is 11.2. The number of nitrogens with zero attached hydrogens (tertiary/aromatic N) is 4. The number of thiazole rings is 1. The summed E-state index contributed by atoms with van der Waals surface area (Å²) in [5.74, 6) is 1.02. The molecule has 0 N–H and O–H groups in total. The van der Waals surface area contributed by atoms with Gasteiger partial charge < -0.3 is 4.57 Å². The van der Waals surface area contributed by atoms with E-state index in [0.29, 0.717) is 12.1 Å². The molecular weight excluding hydrogens is 429 g/mol. The summed E-state index contributed by atoms with van der Waals surface area (Å²) in [6, 6.07) is 5.14. The summed E-state index contributed by atoms with van der Waals surface area (Å²) in [6.07, 6.45) is -2.51. The smallest absolute Gasteiger partial charge is 0.320 e. The SMILES string of the molecule is FC(F)(F)c1ccc(-c2nc(CN3CCn4c(Br)cnc4C3)cs2)cc1. The van der Waals surface area contributed by atoms with Crippen LogP contribution in [0.5, 0.6) is 0 Å². The molecule has 1 aliphatic rings. The third kappa shape index (κ3) is 3.56. The van der Waals surface area contributed by atoms with Crippen LogP contribution in [0.15, 0.2) is 40.4 Å². The van der Waals surface area contributed by atoms with Crippen LogP contribution < -0.4 is 0 Å². The van der Waals surface area contributed by atoms with Gasteiger partial charge in [-0.1, -0.05) is 12.1 Å². The van der Waals surface area contributed by atoms with Crippen molar-refractivity contribution >= 4 is 27.3 Å². The quantitative estimate of drug-likeness (QED) is 0.583. The van der Waals surface area contributed by atoms with Crippen LogP contribution in [-0.2, 0) is 25.8 Å². The Morgan fingerprint density at radius 2 is 1.92 bits per heavy atom. The highest BCUT2D eigenvalue weighted by atomic mass is 79.9. The zero-order valence-electron chi connectivity index (χ0n) is 13.5. The maximum absolute atomic E-state index is 12.7. The summed E-state index contributed by atoms with van der Waals surface area (Å²) in [5.41, 5.74) is 0.976. The number of alkyl halides is 3. The van der Waals surface area contributed by atoms with Crippen molar-refractivity contribution in [1.29, 1.82) is 0 Å². The second-order valence-corrected chi connectivity index (χ2v) is 7.75. The zero-order chi connectivity index (χ0) is 18.3. The van der Waals surface area contributed by atoms with Crippen molar-refractivity contribution in [1.82, 2.24) is 19.4 Å². The predicted octanol–water partition coefficient (Wildman–Crippen LogP) is 4.80. The second kappa shape index (κ2) is 6.79. The van der Waals surface area contributed by atoms with Crippen LogP contribution in [-0.4, -0.2) is 26.0 Å². The Labute approximate surface area is 160 Å². The van der Waals surface area contributed by atoms with Crippen molar-refractivity contribution in [3.8, 4) is 10.6 Å². The van der Waals surface area contributed by atoms with Crippen molar-refractivity contribution < 1.29 is 13.2 Å². The fraction of sp³-hybridized carbons (Fsp3) is 0.294. The van der Waals surface area contributed by atoms with Gasteiger partial charge in [-0.2, -0.15) is 13.2 Å². The van der Waals surface area contributed by atoms with Gasteiger partial charge in [0.2, 0.25) is 0 Å². The van der Waals surface area contributed by atoms with E-state index >= 15 is 0 Å². The lowest BCUT2D eigenvalue weighted by Crippen LogP contribution is -2.33. The largest absolute Gasteiger partial charge is 0.416 e. The number of rotatable bonds is 3. The highest BCUT2D eigenvalue weighted by molar-refractivity contribution is 9.10. The molecule has 0 saturated carbocycles. The number of aromatic nitrogens is 3. The molecule has 0 amide bonds. The fourth-order valence-electron chi connectivity index (χ4n) is 2.95. The average Bonchev–Trinajstić information content (AvgIpc) is 3.21. The molecule has 0 spiro atoms. The van der Waals surface area contributed by atoms with Crippen molar-refractivity contribution in [3.05, 3.63) is 57.5 Å². The molecule has 0 saturated heterocycles. The molecule has 2 aromatic heterocycles. The molecule has 26 heavy (non-hydrogen) atoms. The van der Waals surface area contributed by atoms with E-state index < -0.39 is 11.7 Å². The van der Waals surface area contributed by atoms with Crippen molar-refractivity contribution in [2.45, 2.75) is 25.8 Å². The highest BCUT2D eigenvalue weighted by Gasteiger charge is 2.30. The molecular formula is C17H14BrF3N4S. The minimum Gasteiger partial charge on any atom is -0.320 e. The van der Waals surface area contributed by atoms with Gasteiger partial charge in [0.1, 0.15) is 15.4 Å². The fourth-order valence-corrected chi connectivity index (χ4v) is 4.25. The van der Waals surface area contributed by atoms with Crippen LogP contribution >= 0.6 is 27.3 Å². The predicted molar refractivity (Wildman–Crippen MR) is 96.6 cm³/mol. The topological polar surface area (TPSA) is 34.0 Å². The molecule has 0 atom stereocenters. The summed E-state index contributed by atoms with van der Waals surface area (Å²) < 4.78 is 41.1. The van der Waals surface area contributed by atoms with Crippen LogP contribution in [0.3, 0.4) is 0 Å². The molecule has 0 bridgehead atoms. The molecule has 3 aromatic rings. The van der Waals surface area contributed by atoms with Gasteiger partial charge in [0.05, 0.1) is 24.0 Å². The van der Waals surface area contributed by atoms with Crippen LogP contribution in [0.25, 0.3) is 10.6 Å². The van der Waals surface area contributed by atoms with Crippen molar-refractivity contribution in [3.63, 3.8) is 0 Å². The molecule has 3 heterocycles. The zero-order valence-corrected chi connectivity index (χ0v) is 15.9. The van der Waals surface area contributed by atoms with E-state index in [1.54, 1.807) is 0 Å². The minimum absolute atomic E-state index is 0.645. The first-order valence-electron chi connectivity index (χ1n) is 7.94. The van der Waals surface area contributed by atoms with E-state index in [1.165, 1.54) is 23.5 Å². The van der Waals surface area contributed by atoms with Gasteiger partial charge in [-0.25, -0.2) is 9.97 Å². The standard InChI is InChI=1S/C17H14BrF3N4S/c18-14-7-22-15-9-24(5-6-25(14)15)8-13-10-26-16(23-13)11-1-3-12(4-2-11)17(19,20)21/h1-4,7,10H,5-6,8-9H2. The van der Waals surface area contributed by atoms with E-state index in [2.05, 4.69) is 35.4 Å². The maximum Gasteiger partial charge on any atom is 0.416 e. The average molecular weight is 443 g/mol. The number of fused-ring (bicyclic) bond motifs is 1. The number of benzene rings is 1. The molecule has 136 valence electrons. The van der Waals surface area contributed by atoms with Gasteiger partial charge in [0.25, 0.3) is 0 Å². The number of imidazole rings is 1. The van der Waals surface area contributed by atoms with Gasteiger partial charge in [0, 0.05) is 30.6 Å². The first kappa shape index (κ1) is 17.7. The van der Waals surface area contributed by atoms with Crippen molar-refractivity contribution in [2.24, 2.45) is 0 Å². The van der Waals surface area contributed by atoms with Gasteiger partial charge in [-0.3, -0.25) is 4.90 Å². The minimum atomic E-state index is -4.32. The highest BCUT2D eigenvalue weighted by Crippen LogP contribution is 2.32. The molecule has 0 fully saturated rings. The van der Waals surface area contributed by atoms with Crippen LogP contribution in [0.2, 0.25) is 0 Å². The van der Waals surface area contributed by atoms with Crippen LogP contribution in [0.1, 0.15) is 17.1 Å². The molecule has 0 unspecified atom stereocenters. The van der Waals surface area contributed by atoms with Gasteiger partial charge in [-0.05, 0) is 28.1 Å². The number of hydrogen-bond acceptors (Lipinski definition) is 4. The van der Waals surface area contributed by atoms with Crippen LogP contribution in [0, 0.1) is 0 Å². The third-order valence-electron chi connectivity index (χ3n) is 4.29. The number of hydrogen-bond donors (Lipinski definition) is 0.